The number of hydrogen-bond donors (Lipinski definition) is 2. The third-order valence-electron chi connectivity index (χ3n) is 4.04. The van der Waals surface area contributed by atoms with Crippen LogP contribution in [0.5, 0.6) is 0 Å². The monoisotopic (exact) mass is 282 g/mol. The van der Waals surface area contributed by atoms with Crippen molar-refractivity contribution in [1.82, 2.24) is 10.3 Å². The molecule has 0 bridgehead atoms. The van der Waals surface area contributed by atoms with Crippen molar-refractivity contribution < 1.29 is 5.11 Å². The molecule has 19 heavy (non-hydrogen) atoms. The van der Waals surface area contributed by atoms with Gasteiger partial charge in [-0.2, -0.15) is 0 Å². The Kier molecular flexibility index (Phi) is 4.98. The molecule has 0 radical (unpaired) electrons. The van der Waals surface area contributed by atoms with Crippen LogP contribution >= 0.6 is 11.3 Å². The van der Waals surface area contributed by atoms with Crippen LogP contribution in [0, 0.1) is 12.8 Å². The van der Waals surface area contributed by atoms with Crippen LogP contribution in [0.25, 0.3) is 0 Å². The van der Waals surface area contributed by atoms with Crippen LogP contribution in [0.1, 0.15) is 67.6 Å². The third kappa shape index (κ3) is 3.56. The van der Waals surface area contributed by atoms with Crippen molar-refractivity contribution in [3.63, 3.8) is 0 Å². The number of aromatic nitrogens is 1. The first-order valence-electron chi connectivity index (χ1n) is 7.37. The van der Waals surface area contributed by atoms with E-state index >= 15 is 0 Å². The van der Waals surface area contributed by atoms with Crippen molar-refractivity contribution in [3.05, 3.63) is 15.6 Å². The summed E-state index contributed by atoms with van der Waals surface area (Å²) in [4.78, 5) is 6.00. The SMILES string of the molecule is Cc1nc(C(C)C)sc1C(C)NCC1CCCC1O. The lowest BCUT2D eigenvalue weighted by molar-refractivity contribution is 0.130. The summed E-state index contributed by atoms with van der Waals surface area (Å²) in [6, 6.07) is 0.331. The maximum atomic E-state index is 9.85. The Bertz CT molecular complexity index is 416. The number of aliphatic hydroxyl groups excluding tert-OH is 1. The number of hydrogen-bond acceptors (Lipinski definition) is 4. The minimum atomic E-state index is -0.103. The number of aliphatic hydroxyl groups is 1. The second kappa shape index (κ2) is 6.33. The number of nitrogens with one attached hydrogen (secondary N) is 1. The minimum Gasteiger partial charge on any atom is -0.393 e. The van der Waals surface area contributed by atoms with E-state index in [1.54, 1.807) is 0 Å². The van der Waals surface area contributed by atoms with E-state index in [-0.39, 0.29) is 6.10 Å². The van der Waals surface area contributed by atoms with Crippen molar-refractivity contribution in [2.75, 3.05) is 6.54 Å². The van der Waals surface area contributed by atoms with Crippen LogP contribution in [-0.4, -0.2) is 22.7 Å². The van der Waals surface area contributed by atoms with Crippen LogP contribution in [0.3, 0.4) is 0 Å². The fourth-order valence-corrected chi connectivity index (χ4v) is 3.85. The highest BCUT2D eigenvalue weighted by molar-refractivity contribution is 7.11. The van der Waals surface area contributed by atoms with E-state index in [4.69, 9.17) is 0 Å². The van der Waals surface area contributed by atoms with Gasteiger partial charge in [0.2, 0.25) is 0 Å². The summed E-state index contributed by atoms with van der Waals surface area (Å²) in [6.07, 6.45) is 3.19. The standard InChI is InChI=1S/C15H26N2OS/c1-9(2)15-17-11(4)14(19-15)10(3)16-8-12-6-5-7-13(12)18/h9-10,12-13,16,18H,5-8H2,1-4H3. The molecular weight excluding hydrogens is 256 g/mol. The molecule has 1 aromatic heterocycles. The molecule has 0 spiro atoms. The molecule has 0 saturated heterocycles. The van der Waals surface area contributed by atoms with Gasteiger partial charge in [0, 0.05) is 23.4 Å². The fourth-order valence-electron chi connectivity index (χ4n) is 2.75. The Labute approximate surface area is 120 Å². The van der Waals surface area contributed by atoms with E-state index in [0.29, 0.717) is 17.9 Å². The van der Waals surface area contributed by atoms with Gasteiger partial charge in [-0.15, -0.1) is 11.3 Å². The first kappa shape index (κ1) is 14.9. The quantitative estimate of drug-likeness (QED) is 0.870. The average Bonchev–Trinajstić information content (AvgIpc) is 2.93. The largest absolute Gasteiger partial charge is 0.393 e. The molecule has 1 saturated carbocycles. The highest BCUT2D eigenvalue weighted by atomic mass is 32.1. The summed E-state index contributed by atoms with van der Waals surface area (Å²) in [5, 5.41) is 14.7. The topological polar surface area (TPSA) is 45.2 Å². The van der Waals surface area contributed by atoms with Gasteiger partial charge < -0.3 is 10.4 Å². The molecule has 1 heterocycles. The van der Waals surface area contributed by atoms with Gasteiger partial charge in [0.15, 0.2) is 0 Å². The van der Waals surface area contributed by atoms with Gasteiger partial charge in [-0.3, -0.25) is 0 Å². The Morgan fingerprint density at radius 2 is 2.11 bits per heavy atom. The van der Waals surface area contributed by atoms with Crippen LogP contribution in [0.4, 0.5) is 0 Å². The fraction of sp³-hybridized carbons (Fsp3) is 0.800. The summed E-state index contributed by atoms with van der Waals surface area (Å²) in [7, 11) is 0. The van der Waals surface area contributed by atoms with Crippen molar-refractivity contribution in [3.8, 4) is 0 Å². The van der Waals surface area contributed by atoms with E-state index in [1.165, 1.54) is 16.3 Å². The maximum absolute atomic E-state index is 9.85. The van der Waals surface area contributed by atoms with Gasteiger partial charge in [0.05, 0.1) is 16.8 Å². The first-order valence-corrected chi connectivity index (χ1v) is 8.19. The lowest BCUT2D eigenvalue weighted by Gasteiger charge is -2.19. The van der Waals surface area contributed by atoms with Crippen molar-refractivity contribution >= 4 is 11.3 Å². The number of thiazole rings is 1. The Balaban J connectivity index is 1.94. The predicted octanol–water partition coefficient (Wildman–Crippen LogP) is 3.39. The molecule has 1 fully saturated rings. The molecular formula is C15H26N2OS. The van der Waals surface area contributed by atoms with Gasteiger partial charge in [-0.25, -0.2) is 4.98 Å². The molecule has 0 aromatic carbocycles. The van der Waals surface area contributed by atoms with E-state index in [0.717, 1.165) is 25.1 Å². The molecule has 3 unspecified atom stereocenters. The van der Waals surface area contributed by atoms with Gasteiger partial charge in [-0.1, -0.05) is 20.3 Å². The van der Waals surface area contributed by atoms with Gasteiger partial charge in [0.1, 0.15) is 0 Å². The summed E-state index contributed by atoms with van der Waals surface area (Å²) in [5.41, 5.74) is 1.15. The predicted molar refractivity (Wildman–Crippen MR) is 80.7 cm³/mol. The zero-order valence-electron chi connectivity index (χ0n) is 12.4. The first-order chi connectivity index (χ1) is 8.99. The molecule has 2 rings (SSSR count). The second-order valence-corrected chi connectivity index (χ2v) is 7.11. The molecule has 1 aliphatic carbocycles. The Hall–Kier alpha value is -0.450. The molecule has 108 valence electrons. The van der Waals surface area contributed by atoms with Crippen molar-refractivity contribution in [2.45, 2.75) is 65.0 Å². The van der Waals surface area contributed by atoms with Crippen LogP contribution in [0.15, 0.2) is 0 Å². The summed E-state index contributed by atoms with van der Waals surface area (Å²) in [6.45, 7) is 9.59. The molecule has 2 N–H and O–H groups in total. The summed E-state index contributed by atoms with van der Waals surface area (Å²) >= 11 is 1.82. The summed E-state index contributed by atoms with van der Waals surface area (Å²) in [5.74, 6) is 0.932. The zero-order valence-corrected chi connectivity index (χ0v) is 13.3. The number of aryl methyl sites for hydroxylation is 1. The number of rotatable bonds is 5. The molecule has 1 aliphatic rings. The Morgan fingerprint density at radius 3 is 2.63 bits per heavy atom. The Morgan fingerprint density at radius 1 is 1.37 bits per heavy atom. The van der Waals surface area contributed by atoms with E-state index in [2.05, 4.69) is 38.0 Å². The highest BCUT2D eigenvalue weighted by Crippen LogP contribution is 2.30. The van der Waals surface area contributed by atoms with E-state index in [9.17, 15) is 5.11 Å². The average molecular weight is 282 g/mol. The second-order valence-electron chi connectivity index (χ2n) is 6.04. The van der Waals surface area contributed by atoms with Crippen LogP contribution in [-0.2, 0) is 0 Å². The molecule has 3 atom stereocenters. The highest BCUT2D eigenvalue weighted by Gasteiger charge is 2.25. The maximum Gasteiger partial charge on any atom is 0.0956 e. The van der Waals surface area contributed by atoms with Gasteiger partial charge in [-0.05, 0) is 32.6 Å². The lowest BCUT2D eigenvalue weighted by atomic mass is 10.1. The normalized spacial score (nSPS) is 25.2. The summed E-state index contributed by atoms with van der Waals surface area (Å²) < 4.78 is 0. The van der Waals surface area contributed by atoms with Crippen LogP contribution < -0.4 is 5.32 Å². The molecule has 0 aliphatic heterocycles. The van der Waals surface area contributed by atoms with Gasteiger partial charge in [0.25, 0.3) is 0 Å². The minimum absolute atomic E-state index is 0.103. The molecule has 0 amide bonds. The van der Waals surface area contributed by atoms with E-state index < -0.39 is 0 Å². The van der Waals surface area contributed by atoms with Crippen molar-refractivity contribution in [1.29, 1.82) is 0 Å². The van der Waals surface area contributed by atoms with Crippen LogP contribution in [0.2, 0.25) is 0 Å². The zero-order chi connectivity index (χ0) is 14.0. The number of nitrogens with zero attached hydrogens (tertiary/aromatic N) is 1. The molecule has 4 heteroatoms. The smallest absolute Gasteiger partial charge is 0.0956 e. The van der Waals surface area contributed by atoms with Gasteiger partial charge >= 0.3 is 0 Å². The lowest BCUT2D eigenvalue weighted by Crippen LogP contribution is -2.29. The molecule has 3 nitrogen and oxygen atoms in total. The van der Waals surface area contributed by atoms with Crippen molar-refractivity contribution in [2.24, 2.45) is 5.92 Å². The third-order valence-corrected chi connectivity index (χ3v) is 5.68. The van der Waals surface area contributed by atoms with E-state index in [1.807, 2.05) is 11.3 Å². The molecule has 1 aromatic rings.